The molecular formula is C43H69N9O7. The number of Topliss-reactive ketones (excluding diaryl/α,β-unsaturated/α-hetero) is 3. The molecule has 0 fully saturated rings. The first-order chi connectivity index (χ1) is 28.6. The first-order valence-corrected chi connectivity index (χ1v) is 21.3. The zero-order valence-electron chi connectivity index (χ0n) is 34.6. The Hall–Kier alpha value is -4.13. The van der Waals surface area contributed by atoms with Gasteiger partial charge < -0.3 is 48.7 Å². The highest BCUT2D eigenvalue weighted by atomic mass is 16.5. The number of hydrogen-bond donors (Lipinski definition) is 10. The molecule has 0 heterocycles. The van der Waals surface area contributed by atoms with Crippen LogP contribution < -0.4 is 49.5 Å². The zero-order valence-corrected chi connectivity index (χ0v) is 34.6. The second-order valence-corrected chi connectivity index (χ2v) is 15.1. The number of hydrogen-bond acceptors (Lipinski definition) is 14. The van der Waals surface area contributed by atoms with Crippen molar-refractivity contribution >= 4 is 29.4 Å². The van der Waals surface area contributed by atoms with Gasteiger partial charge in [-0.2, -0.15) is 0 Å². The van der Waals surface area contributed by atoms with Gasteiger partial charge in [-0.05, 0) is 99.8 Å². The Morgan fingerprint density at radius 1 is 0.542 bits per heavy atom. The fourth-order valence-electron chi connectivity index (χ4n) is 7.35. The normalized spacial score (nSPS) is 14.2. The average Bonchev–Trinajstić information content (AvgIpc) is 3.56. The summed E-state index contributed by atoms with van der Waals surface area (Å²) in [5.74, 6) is -1.76. The summed E-state index contributed by atoms with van der Waals surface area (Å²) in [5.41, 5.74) is 27.2. The topological polar surface area (TPSA) is 279 Å². The summed E-state index contributed by atoms with van der Waals surface area (Å²) in [6, 6.07) is 13.3. The van der Waals surface area contributed by atoms with Crippen molar-refractivity contribution in [1.29, 1.82) is 0 Å². The molecule has 2 aromatic carbocycles. The number of carbonyl (C=O) groups is 5. The fraction of sp³-hybridized carbons (Fsp3) is 0.605. The standard InChI is InChI=1S/C43H69N9O7/c44-21-9-5-17-35(39(53)25-48-36(18-6-10-22-45)40(54)27-50-38(42(56)57)20-8-12-24-47)49-26-41(55)37(19-7-11-23-46)51-29-52-43(58)59-28-34-32-15-3-1-13-30(32)31-14-2-4-16-33(31)34/h1-4,13-16,34-38,48-51H,5-12,17-29,44-47H2,(H,52,58)(H,56,57)/t35-,36-,37-,38-/m0/s1. The second kappa shape index (κ2) is 28.4. The molecule has 0 bridgehead atoms. The van der Waals surface area contributed by atoms with Gasteiger partial charge in [-0.1, -0.05) is 74.2 Å². The van der Waals surface area contributed by atoms with Crippen molar-refractivity contribution in [3.8, 4) is 11.1 Å². The van der Waals surface area contributed by atoms with Crippen LogP contribution in [-0.4, -0.2) is 118 Å². The third-order valence-electron chi connectivity index (χ3n) is 10.7. The van der Waals surface area contributed by atoms with Gasteiger partial charge in [0.05, 0.1) is 44.4 Å². The van der Waals surface area contributed by atoms with Crippen molar-refractivity contribution < 1.29 is 33.8 Å². The van der Waals surface area contributed by atoms with Crippen molar-refractivity contribution in [1.82, 2.24) is 26.6 Å². The number of alkyl carbamates (subject to hydrolysis) is 1. The van der Waals surface area contributed by atoms with Gasteiger partial charge in [0.15, 0.2) is 17.3 Å². The van der Waals surface area contributed by atoms with Crippen LogP contribution >= 0.6 is 0 Å². The minimum atomic E-state index is -1.04. The van der Waals surface area contributed by atoms with Crippen LogP contribution in [0.15, 0.2) is 48.5 Å². The Labute approximate surface area is 349 Å². The molecule has 0 saturated heterocycles. The highest BCUT2D eigenvalue weighted by Crippen LogP contribution is 2.44. The molecule has 328 valence electrons. The number of aliphatic carboxylic acids is 1. The molecule has 1 aliphatic rings. The number of ether oxygens (including phenoxy) is 1. The molecule has 16 nitrogen and oxygen atoms in total. The van der Waals surface area contributed by atoms with E-state index in [1.54, 1.807) is 0 Å². The van der Waals surface area contributed by atoms with Gasteiger partial charge in [-0.25, -0.2) is 4.79 Å². The molecule has 0 unspecified atom stereocenters. The Bertz CT molecular complexity index is 1550. The maximum Gasteiger partial charge on any atom is 0.408 e. The van der Waals surface area contributed by atoms with Crippen LogP contribution in [0.5, 0.6) is 0 Å². The van der Waals surface area contributed by atoms with E-state index >= 15 is 0 Å². The molecule has 0 saturated carbocycles. The zero-order chi connectivity index (χ0) is 42.8. The Morgan fingerprint density at radius 3 is 1.32 bits per heavy atom. The summed E-state index contributed by atoms with van der Waals surface area (Å²) in [6.45, 7) is 1.59. The highest BCUT2D eigenvalue weighted by Gasteiger charge is 2.30. The number of amides is 1. The highest BCUT2D eigenvalue weighted by molar-refractivity contribution is 5.90. The van der Waals surface area contributed by atoms with Crippen LogP contribution in [0, 0.1) is 0 Å². The van der Waals surface area contributed by atoms with E-state index in [1.807, 2.05) is 24.3 Å². The van der Waals surface area contributed by atoms with Crippen molar-refractivity contribution in [3.05, 3.63) is 59.7 Å². The lowest BCUT2D eigenvalue weighted by Crippen LogP contribution is -2.51. The van der Waals surface area contributed by atoms with Crippen LogP contribution in [0.25, 0.3) is 11.1 Å². The predicted molar refractivity (Wildman–Crippen MR) is 230 cm³/mol. The van der Waals surface area contributed by atoms with Gasteiger partial charge in [-0.15, -0.1) is 0 Å². The van der Waals surface area contributed by atoms with Crippen molar-refractivity contribution in [3.63, 3.8) is 0 Å². The molecule has 4 atom stereocenters. The number of carboxylic acids is 1. The first-order valence-electron chi connectivity index (χ1n) is 21.3. The lowest BCUT2D eigenvalue weighted by atomic mass is 9.98. The third kappa shape index (κ3) is 17.2. The number of ketones is 3. The van der Waals surface area contributed by atoms with Gasteiger partial charge >= 0.3 is 12.1 Å². The molecule has 1 amide bonds. The van der Waals surface area contributed by atoms with E-state index in [2.05, 4.69) is 50.8 Å². The lowest BCUT2D eigenvalue weighted by molar-refractivity contribution is -0.139. The quantitative estimate of drug-likeness (QED) is 0.0355. The van der Waals surface area contributed by atoms with E-state index in [9.17, 15) is 29.1 Å². The van der Waals surface area contributed by atoms with Crippen LogP contribution in [0.3, 0.4) is 0 Å². The monoisotopic (exact) mass is 824 g/mol. The van der Waals surface area contributed by atoms with E-state index in [1.165, 1.54) is 0 Å². The van der Waals surface area contributed by atoms with Crippen LogP contribution in [0.4, 0.5) is 4.79 Å². The average molecular weight is 824 g/mol. The molecular weight excluding hydrogens is 755 g/mol. The number of rotatable bonds is 34. The number of carboxylic acid groups (broad SMARTS) is 1. The van der Waals surface area contributed by atoms with Crippen molar-refractivity contribution in [2.24, 2.45) is 22.9 Å². The smallest absolute Gasteiger partial charge is 0.408 e. The van der Waals surface area contributed by atoms with Gasteiger partial charge in [0.2, 0.25) is 0 Å². The molecule has 0 aromatic heterocycles. The van der Waals surface area contributed by atoms with E-state index < -0.39 is 36.2 Å². The molecule has 59 heavy (non-hydrogen) atoms. The van der Waals surface area contributed by atoms with Crippen molar-refractivity contribution in [2.45, 2.75) is 107 Å². The van der Waals surface area contributed by atoms with Gasteiger partial charge in [-0.3, -0.25) is 29.8 Å². The van der Waals surface area contributed by atoms with E-state index in [4.69, 9.17) is 27.7 Å². The maximum atomic E-state index is 13.6. The summed E-state index contributed by atoms with van der Waals surface area (Å²) in [5, 5.41) is 24.6. The summed E-state index contributed by atoms with van der Waals surface area (Å²) >= 11 is 0. The summed E-state index contributed by atoms with van der Waals surface area (Å²) in [7, 11) is 0. The SMILES string of the molecule is NCCCC[C@H](NCC(=O)[C@H](CCCCN)NCC(=O)[C@H](CCCCN)NCC(=O)[C@H](CCCCN)NCNC(=O)OCC1c2ccccc2-c2ccccc21)C(=O)O. The number of nitrogens with one attached hydrogen (secondary N) is 5. The molecule has 2 aromatic rings. The number of nitrogens with two attached hydrogens (primary N) is 4. The Balaban J connectivity index is 1.56. The molecule has 0 aliphatic heterocycles. The largest absolute Gasteiger partial charge is 0.480 e. The Kier molecular flexibility index (Phi) is 23.7. The van der Waals surface area contributed by atoms with Crippen molar-refractivity contribution in [2.75, 3.05) is 59.1 Å². The molecule has 0 radical (unpaired) electrons. The summed E-state index contributed by atoms with van der Waals surface area (Å²) in [6.07, 6.45) is 6.47. The Morgan fingerprint density at radius 2 is 0.915 bits per heavy atom. The molecule has 1 aliphatic carbocycles. The number of fused-ring (bicyclic) bond motifs is 3. The predicted octanol–water partition coefficient (Wildman–Crippen LogP) is 1.62. The van der Waals surface area contributed by atoms with Crippen LogP contribution in [-0.2, 0) is 23.9 Å². The molecule has 16 heteroatoms. The third-order valence-corrected chi connectivity index (χ3v) is 10.7. The molecule has 0 spiro atoms. The van der Waals surface area contributed by atoms with Crippen LogP contribution in [0.2, 0.25) is 0 Å². The van der Waals surface area contributed by atoms with Gasteiger partial charge in [0, 0.05) is 5.92 Å². The fourth-order valence-corrected chi connectivity index (χ4v) is 7.35. The second-order valence-electron chi connectivity index (χ2n) is 15.1. The van der Waals surface area contributed by atoms with Gasteiger partial charge in [0.25, 0.3) is 0 Å². The maximum absolute atomic E-state index is 13.6. The number of unbranched alkanes of at least 4 members (excludes halogenated alkanes) is 4. The molecule has 14 N–H and O–H groups in total. The summed E-state index contributed by atoms with van der Waals surface area (Å²) < 4.78 is 5.65. The van der Waals surface area contributed by atoms with E-state index in [-0.39, 0.29) is 56.2 Å². The number of carbonyl (C=O) groups excluding carboxylic acids is 4. The van der Waals surface area contributed by atoms with Crippen LogP contribution in [0.1, 0.15) is 94.1 Å². The number of benzene rings is 2. The minimum Gasteiger partial charge on any atom is -0.480 e. The van der Waals surface area contributed by atoms with E-state index in [0.29, 0.717) is 96.8 Å². The summed E-state index contributed by atoms with van der Waals surface area (Å²) in [4.78, 5) is 65.1. The van der Waals surface area contributed by atoms with Gasteiger partial charge in [0.1, 0.15) is 12.6 Å². The van der Waals surface area contributed by atoms with E-state index in [0.717, 1.165) is 28.7 Å². The first kappa shape index (κ1) is 49.2. The molecule has 3 rings (SSSR count). The minimum absolute atomic E-state index is 0.00612. The lowest BCUT2D eigenvalue weighted by Gasteiger charge is -2.23.